The van der Waals surface area contributed by atoms with Crippen LogP contribution in [-0.2, 0) is 26.2 Å². The molecule has 0 saturated carbocycles. The van der Waals surface area contributed by atoms with Crippen LogP contribution in [-0.4, -0.2) is 56.3 Å². The van der Waals surface area contributed by atoms with Gasteiger partial charge in [-0.15, -0.1) is 0 Å². The van der Waals surface area contributed by atoms with E-state index >= 15 is 0 Å². The van der Waals surface area contributed by atoms with Crippen molar-refractivity contribution in [2.45, 2.75) is 51.1 Å². The van der Waals surface area contributed by atoms with Gasteiger partial charge in [0.15, 0.2) is 0 Å². The quantitative estimate of drug-likeness (QED) is 0.117. The molecular weight excluding hydrogens is 667 g/mol. The normalized spacial score (nSPS) is 11.9. The number of anilines is 1. The van der Waals surface area contributed by atoms with Crippen LogP contribution in [0.15, 0.2) is 59.5 Å². The van der Waals surface area contributed by atoms with Gasteiger partial charge in [-0.1, -0.05) is 60.3 Å². The number of nitrogens with one attached hydrogen (secondary N) is 1. The van der Waals surface area contributed by atoms with Gasteiger partial charge in [0.1, 0.15) is 18.3 Å². The summed E-state index contributed by atoms with van der Waals surface area (Å²) in [5.41, 5.74) is 0.199. The number of carbonyl (C=O) groups is 2. The van der Waals surface area contributed by atoms with Gasteiger partial charge in [-0.05, 0) is 62.2 Å². The highest BCUT2D eigenvalue weighted by Crippen LogP contribution is 2.36. The lowest BCUT2D eigenvalue weighted by Gasteiger charge is -2.32. The minimum absolute atomic E-state index is 0.0649. The summed E-state index contributed by atoms with van der Waals surface area (Å²) >= 11 is 18.7. The molecule has 1 N–H and O–H groups in total. The Hall–Kier alpha value is -3.58. The third-order valence-corrected chi connectivity index (χ3v) is 9.58. The van der Waals surface area contributed by atoms with E-state index in [1.165, 1.54) is 62.3 Å². The maximum absolute atomic E-state index is 14.2. The summed E-state index contributed by atoms with van der Waals surface area (Å²) in [7, 11) is -3.34. The zero-order valence-electron chi connectivity index (χ0n) is 25.1. The van der Waals surface area contributed by atoms with Crippen LogP contribution in [0.4, 0.5) is 11.4 Å². The van der Waals surface area contributed by atoms with Crippen LogP contribution in [0.1, 0.15) is 37.8 Å². The molecule has 0 bridgehead atoms. The number of nitro groups is 1. The number of nitrogens with zero attached hydrogens (tertiary/aromatic N) is 3. The molecule has 11 nitrogen and oxygen atoms in total. The van der Waals surface area contributed by atoms with Gasteiger partial charge in [0.05, 0.1) is 22.6 Å². The summed E-state index contributed by atoms with van der Waals surface area (Å²) < 4.78 is 34.6. The van der Waals surface area contributed by atoms with Crippen LogP contribution in [0, 0.1) is 17.0 Å². The standard InChI is InChI=1S/C30H33Cl3N4O7S/c1-5-6-13-34-30(39)20(3)35(17-21-8-9-22(31)14-25(21)33)29(38)18-36(27-15-23(32)10-12-28(27)44-4)45(42,43)24-11-7-19(2)26(16-24)37(40)41/h7-12,14-16,20H,5-6,13,17-18H2,1-4H3,(H,34,39). The minimum Gasteiger partial charge on any atom is -0.495 e. The van der Waals surface area contributed by atoms with Crippen molar-refractivity contribution >= 4 is 68.0 Å². The molecule has 2 amide bonds. The van der Waals surface area contributed by atoms with Crippen LogP contribution >= 0.6 is 34.8 Å². The fourth-order valence-electron chi connectivity index (χ4n) is 4.40. The maximum Gasteiger partial charge on any atom is 0.273 e. The SMILES string of the molecule is CCCCNC(=O)C(C)N(Cc1ccc(Cl)cc1Cl)C(=O)CN(c1cc(Cl)ccc1OC)S(=O)(=O)c1ccc(C)c([N+](=O)[O-])c1. The molecule has 0 aliphatic heterocycles. The Morgan fingerprint density at radius 3 is 2.33 bits per heavy atom. The number of carbonyl (C=O) groups excluding carboxylic acids is 2. The Labute approximate surface area is 277 Å². The highest BCUT2D eigenvalue weighted by atomic mass is 35.5. The first-order valence-electron chi connectivity index (χ1n) is 13.8. The van der Waals surface area contributed by atoms with Crippen LogP contribution in [0.5, 0.6) is 5.75 Å². The van der Waals surface area contributed by atoms with E-state index in [9.17, 15) is 28.1 Å². The second kappa shape index (κ2) is 15.6. The number of halogens is 3. The van der Waals surface area contributed by atoms with Gasteiger partial charge in [0.25, 0.3) is 15.7 Å². The molecule has 3 aromatic rings. The van der Waals surface area contributed by atoms with Gasteiger partial charge >= 0.3 is 0 Å². The number of rotatable bonds is 14. The number of nitro benzene ring substituents is 1. The Morgan fingerprint density at radius 2 is 1.71 bits per heavy atom. The largest absolute Gasteiger partial charge is 0.495 e. The van der Waals surface area contributed by atoms with E-state index in [4.69, 9.17) is 39.5 Å². The van der Waals surface area contributed by atoms with Crippen molar-refractivity contribution in [3.05, 3.63) is 90.9 Å². The summed E-state index contributed by atoms with van der Waals surface area (Å²) in [5, 5.41) is 15.2. The highest BCUT2D eigenvalue weighted by molar-refractivity contribution is 7.92. The third kappa shape index (κ3) is 8.78. The van der Waals surface area contributed by atoms with Gasteiger partial charge in [-0.25, -0.2) is 8.42 Å². The van der Waals surface area contributed by atoms with Crippen molar-refractivity contribution < 1.29 is 27.7 Å². The monoisotopic (exact) mass is 698 g/mol. The average molecular weight is 700 g/mol. The summed E-state index contributed by atoms with van der Waals surface area (Å²) in [5.74, 6) is -1.16. The lowest BCUT2D eigenvalue weighted by molar-refractivity contribution is -0.385. The Bertz CT molecular complexity index is 1690. The van der Waals surface area contributed by atoms with Gasteiger partial charge < -0.3 is 15.0 Å². The second-order valence-corrected chi connectivity index (χ2v) is 13.3. The zero-order valence-corrected chi connectivity index (χ0v) is 28.1. The van der Waals surface area contributed by atoms with Gasteiger partial charge in [0, 0.05) is 39.8 Å². The molecule has 3 rings (SSSR count). The van der Waals surface area contributed by atoms with Gasteiger partial charge in [-0.2, -0.15) is 0 Å². The van der Waals surface area contributed by atoms with E-state index in [2.05, 4.69) is 5.32 Å². The van der Waals surface area contributed by atoms with Crippen molar-refractivity contribution in [3.8, 4) is 5.75 Å². The number of unbranched alkanes of at least 4 members (excludes halogenated alkanes) is 1. The molecule has 3 aromatic carbocycles. The molecule has 0 heterocycles. The molecule has 1 atom stereocenters. The number of methoxy groups -OCH3 is 1. The summed E-state index contributed by atoms with van der Waals surface area (Å²) in [6.07, 6.45) is 1.56. The van der Waals surface area contributed by atoms with Crippen molar-refractivity contribution in [2.75, 3.05) is 24.5 Å². The predicted molar refractivity (Wildman–Crippen MR) is 175 cm³/mol. The average Bonchev–Trinajstić information content (AvgIpc) is 2.99. The first-order chi connectivity index (χ1) is 21.2. The number of hydrogen-bond donors (Lipinski definition) is 1. The van der Waals surface area contributed by atoms with Crippen LogP contribution in [0.3, 0.4) is 0 Å². The number of aryl methyl sites for hydroxylation is 1. The molecule has 0 aromatic heterocycles. The van der Waals surface area contributed by atoms with Gasteiger partial charge in [-0.3, -0.25) is 24.0 Å². The van der Waals surface area contributed by atoms with Gasteiger partial charge in [0.2, 0.25) is 11.8 Å². The minimum atomic E-state index is -4.66. The van der Waals surface area contributed by atoms with Crippen molar-refractivity contribution in [3.63, 3.8) is 0 Å². The Balaban J connectivity index is 2.15. The molecule has 0 spiro atoms. The third-order valence-electron chi connectivity index (χ3n) is 7.01. The molecule has 15 heteroatoms. The second-order valence-electron chi connectivity index (χ2n) is 10.1. The molecule has 0 aliphatic rings. The zero-order chi connectivity index (χ0) is 33.5. The smallest absolute Gasteiger partial charge is 0.273 e. The van der Waals surface area contributed by atoms with Crippen LogP contribution in [0.2, 0.25) is 15.1 Å². The molecule has 0 radical (unpaired) electrons. The fourth-order valence-corrected chi connectivity index (χ4v) is 6.47. The molecule has 0 saturated heterocycles. The number of amides is 2. The molecular formula is C30H33Cl3N4O7S. The first-order valence-corrected chi connectivity index (χ1v) is 16.4. The molecule has 45 heavy (non-hydrogen) atoms. The van der Waals surface area contributed by atoms with E-state index in [1.807, 2.05) is 6.92 Å². The van der Waals surface area contributed by atoms with E-state index in [1.54, 1.807) is 12.1 Å². The highest BCUT2D eigenvalue weighted by Gasteiger charge is 2.35. The van der Waals surface area contributed by atoms with E-state index in [0.29, 0.717) is 17.1 Å². The van der Waals surface area contributed by atoms with Crippen molar-refractivity contribution in [1.29, 1.82) is 0 Å². The molecule has 0 aliphatic carbocycles. The Kier molecular flexibility index (Phi) is 12.5. The van der Waals surface area contributed by atoms with Crippen LogP contribution < -0.4 is 14.4 Å². The molecule has 1 unspecified atom stereocenters. The number of sulfonamides is 1. The van der Waals surface area contributed by atoms with E-state index in [0.717, 1.165) is 23.2 Å². The first kappa shape index (κ1) is 35.9. The maximum atomic E-state index is 14.2. The number of hydrogen-bond acceptors (Lipinski definition) is 7. The Morgan fingerprint density at radius 1 is 1.04 bits per heavy atom. The lowest BCUT2D eigenvalue weighted by atomic mass is 10.1. The summed E-state index contributed by atoms with van der Waals surface area (Å²) in [6.45, 7) is 4.37. The summed E-state index contributed by atoms with van der Waals surface area (Å²) in [6, 6.07) is 11.3. The van der Waals surface area contributed by atoms with E-state index in [-0.39, 0.29) is 33.6 Å². The topological polar surface area (TPSA) is 139 Å². The molecule has 0 fully saturated rings. The van der Waals surface area contributed by atoms with Crippen molar-refractivity contribution in [2.24, 2.45) is 0 Å². The predicted octanol–water partition coefficient (Wildman–Crippen LogP) is 6.40. The summed E-state index contributed by atoms with van der Waals surface area (Å²) in [4.78, 5) is 39.0. The van der Waals surface area contributed by atoms with E-state index < -0.39 is 49.9 Å². The number of benzene rings is 3. The fraction of sp³-hybridized carbons (Fsp3) is 0.333. The van der Waals surface area contributed by atoms with Crippen molar-refractivity contribution in [1.82, 2.24) is 10.2 Å². The molecule has 242 valence electrons. The lowest BCUT2D eigenvalue weighted by Crippen LogP contribution is -2.51. The number of ether oxygens (including phenoxy) is 1. The van der Waals surface area contributed by atoms with Crippen LogP contribution in [0.25, 0.3) is 0 Å².